The van der Waals surface area contributed by atoms with Gasteiger partial charge in [0.2, 0.25) is 0 Å². The molecule has 3 aromatic rings. The Morgan fingerprint density at radius 2 is 2.05 bits per heavy atom. The van der Waals surface area contributed by atoms with Crippen LogP contribution in [0.15, 0.2) is 12.4 Å². The quantitative estimate of drug-likeness (QED) is 0.541. The van der Waals surface area contributed by atoms with Crippen LogP contribution >= 0.6 is 11.6 Å². The van der Waals surface area contributed by atoms with Crippen LogP contribution in [0.25, 0.3) is 11.0 Å². The molecule has 10 nitrogen and oxygen atoms in total. The monoisotopic (exact) mass is 531 g/mol. The van der Waals surface area contributed by atoms with Crippen molar-refractivity contribution < 1.29 is 18.7 Å². The molecule has 5 rings (SSSR count). The van der Waals surface area contributed by atoms with Gasteiger partial charge in [0.15, 0.2) is 5.65 Å². The summed E-state index contributed by atoms with van der Waals surface area (Å²) in [4.78, 5) is 24.6. The highest BCUT2D eigenvalue weighted by atomic mass is 35.5. The fourth-order valence-corrected chi connectivity index (χ4v) is 5.13. The van der Waals surface area contributed by atoms with E-state index in [0.717, 1.165) is 0 Å². The first kappa shape index (κ1) is 25.5. The number of hydrogen-bond donors (Lipinski definition) is 1. The van der Waals surface area contributed by atoms with E-state index in [-0.39, 0.29) is 23.2 Å². The van der Waals surface area contributed by atoms with Crippen LogP contribution in [0.1, 0.15) is 50.6 Å². The summed E-state index contributed by atoms with van der Waals surface area (Å²) >= 11 is 6.39. The third-order valence-corrected chi connectivity index (χ3v) is 7.09. The Labute approximate surface area is 219 Å². The maximum absolute atomic E-state index is 15.4. The zero-order chi connectivity index (χ0) is 26.6. The van der Waals surface area contributed by atoms with Crippen molar-refractivity contribution in [3.05, 3.63) is 40.1 Å². The van der Waals surface area contributed by atoms with Crippen molar-refractivity contribution in [2.45, 2.75) is 58.8 Å². The molecule has 2 aliphatic rings. The first-order valence-corrected chi connectivity index (χ1v) is 12.6. The molecule has 0 aliphatic carbocycles. The summed E-state index contributed by atoms with van der Waals surface area (Å²) in [5.41, 5.74) is 7.89. The molecule has 2 N–H and O–H groups in total. The predicted octanol–water partition coefficient (Wildman–Crippen LogP) is 3.93. The lowest BCUT2D eigenvalue weighted by Crippen LogP contribution is -2.61. The van der Waals surface area contributed by atoms with Gasteiger partial charge in [0.05, 0.1) is 22.1 Å². The third-order valence-electron chi connectivity index (χ3n) is 6.82. The lowest BCUT2D eigenvalue weighted by molar-refractivity contribution is -0.0177. The zero-order valence-electron chi connectivity index (χ0n) is 21.6. The predicted molar refractivity (Wildman–Crippen MR) is 137 cm³/mol. The Morgan fingerprint density at radius 3 is 2.76 bits per heavy atom. The number of benzene rings is 1. The van der Waals surface area contributed by atoms with Gasteiger partial charge in [-0.15, -0.1) is 0 Å². The number of nitrogen functional groups attached to an aromatic ring is 1. The van der Waals surface area contributed by atoms with E-state index in [2.05, 4.69) is 20.0 Å². The normalized spacial score (nSPS) is 17.6. The smallest absolute Gasteiger partial charge is 0.410 e. The van der Waals surface area contributed by atoms with Gasteiger partial charge in [-0.1, -0.05) is 11.6 Å². The van der Waals surface area contributed by atoms with Gasteiger partial charge in [-0.05, 0) is 40.7 Å². The number of halogens is 2. The van der Waals surface area contributed by atoms with Crippen LogP contribution in [0.2, 0.25) is 5.02 Å². The highest BCUT2D eigenvalue weighted by molar-refractivity contribution is 6.31. The Balaban J connectivity index is 1.43. The molecular formula is C25H31ClFN7O3. The molecule has 0 spiro atoms. The molecule has 198 valence electrons. The number of hydrogen-bond acceptors (Lipinski definition) is 8. The summed E-state index contributed by atoms with van der Waals surface area (Å²) in [5.74, 6) is 0.309. The molecule has 0 radical (unpaired) electrons. The molecule has 37 heavy (non-hydrogen) atoms. The first-order valence-electron chi connectivity index (χ1n) is 12.3. The molecule has 2 aliphatic heterocycles. The van der Waals surface area contributed by atoms with Crippen LogP contribution in [0, 0.1) is 12.7 Å². The molecule has 1 saturated heterocycles. The van der Waals surface area contributed by atoms with E-state index in [9.17, 15) is 4.79 Å². The number of aromatic nitrogens is 4. The molecular weight excluding hydrogens is 501 g/mol. The van der Waals surface area contributed by atoms with Crippen molar-refractivity contribution >= 4 is 34.5 Å². The number of likely N-dealkylation sites (tertiary alicyclic amines) is 1. The number of carbonyl (C=O) groups excluding carboxylic acids is 1. The second kappa shape index (κ2) is 9.29. The number of nitrogens with two attached hydrogens (primary N) is 1. The van der Waals surface area contributed by atoms with Gasteiger partial charge in [0.1, 0.15) is 35.9 Å². The Kier molecular flexibility index (Phi) is 6.39. The molecule has 1 aromatic carbocycles. The van der Waals surface area contributed by atoms with Crippen molar-refractivity contribution in [2.75, 3.05) is 32.0 Å². The van der Waals surface area contributed by atoms with Crippen LogP contribution in [0.5, 0.6) is 5.75 Å². The van der Waals surface area contributed by atoms with Crippen LogP contribution in [-0.4, -0.2) is 73.5 Å². The molecule has 1 atom stereocenters. The zero-order valence-corrected chi connectivity index (χ0v) is 22.3. The topological polar surface area (TPSA) is 112 Å². The Morgan fingerprint density at radius 1 is 1.32 bits per heavy atom. The fourth-order valence-electron chi connectivity index (χ4n) is 4.90. The van der Waals surface area contributed by atoms with Crippen molar-refractivity contribution in [3.63, 3.8) is 0 Å². The molecule has 0 bridgehead atoms. The van der Waals surface area contributed by atoms with Gasteiger partial charge >= 0.3 is 6.09 Å². The summed E-state index contributed by atoms with van der Waals surface area (Å²) in [6.07, 6.45) is 1.06. The molecule has 4 heterocycles. The van der Waals surface area contributed by atoms with Crippen LogP contribution < -0.4 is 10.5 Å². The molecule has 1 unspecified atom stereocenters. The van der Waals surface area contributed by atoms with Crippen LogP contribution in [-0.2, 0) is 11.3 Å². The summed E-state index contributed by atoms with van der Waals surface area (Å²) in [5, 5.41) is 5.34. The molecule has 2 aromatic heterocycles. The second-order valence-corrected chi connectivity index (χ2v) is 11.0. The summed E-state index contributed by atoms with van der Waals surface area (Å²) < 4.78 is 28.7. The number of ether oxygens (including phenoxy) is 2. The van der Waals surface area contributed by atoms with E-state index >= 15 is 4.39 Å². The first-order chi connectivity index (χ1) is 17.4. The molecule has 1 amide bonds. The lowest BCUT2D eigenvalue weighted by Gasteiger charge is -2.44. The second-order valence-electron chi connectivity index (χ2n) is 10.6. The van der Waals surface area contributed by atoms with E-state index < -0.39 is 11.4 Å². The van der Waals surface area contributed by atoms with E-state index in [4.69, 9.17) is 26.8 Å². The minimum absolute atomic E-state index is 0.0114. The Bertz CT molecular complexity index is 1370. The van der Waals surface area contributed by atoms with Gasteiger partial charge in [0.25, 0.3) is 0 Å². The number of anilines is 1. The highest BCUT2D eigenvalue weighted by Gasteiger charge is 2.39. The number of amides is 1. The number of rotatable bonds is 3. The average Bonchev–Trinajstić information content (AvgIpc) is 2.97. The minimum atomic E-state index is -0.555. The Hall–Kier alpha value is -3.18. The van der Waals surface area contributed by atoms with E-state index in [1.54, 1.807) is 15.6 Å². The molecule has 0 saturated carbocycles. The SMILES string of the molecule is Cc1nn(C(C)c2cc(Cl)c(F)c3c2OCCN(C2CN(C(=O)OC(C)(C)C)C2)C3)c2ncnc(N)c12. The standard InChI is InChI=1S/C25H31ClFN7O3/c1-13-19-22(28)29-12-30-23(19)34(31-13)14(2)16-8-18(26)20(27)17-11-32(6-7-36-21(16)17)15-9-33(10-15)24(35)37-25(3,4)5/h8,12,14-15H,6-7,9-11H2,1-5H3,(H2,28,29,30). The maximum Gasteiger partial charge on any atom is 0.410 e. The number of nitrogens with zero attached hydrogens (tertiary/aromatic N) is 6. The van der Waals surface area contributed by atoms with E-state index in [1.807, 2.05) is 34.6 Å². The van der Waals surface area contributed by atoms with Gasteiger partial charge in [-0.3, -0.25) is 4.90 Å². The van der Waals surface area contributed by atoms with Crippen LogP contribution in [0.4, 0.5) is 15.0 Å². The summed E-state index contributed by atoms with van der Waals surface area (Å²) in [6, 6.07) is 1.30. The number of aryl methyl sites for hydroxylation is 1. The van der Waals surface area contributed by atoms with Gasteiger partial charge in [0, 0.05) is 43.3 Å². The van der Waals surface area contributed by atoms with Crippen molar-refractivity contribution in [3.8, 4) is 5.75 Å². The highest BCUT2D eigenvalue weighted by Crippen LogP contribution is 2.40. The maximum atomic E-state index is 15.4. The average molecular weight is 532 g/mol. The summed E-state index contributed by atoms with van der Waals surface area (Å²) in [6.45, 7) is 11.6. The number of carbonyl (C=O) groups is 1. The fraction of sp³-hybridized carbons (Fsp3) is 0.520. The van der Waals surface area contributed by atoms with Crippen molar-refractivity contribution in [1.82, 2.24) is 29.5 Å². The van der Waals surface area contributed by atoms with Crippen molar-refractivity contribution in [1.29, 1.82) is 0 Å². The van der Waals surface area contributed by atoms with Crippen LogP contribution in [0.3, 0.4) is 0 Å². The van der Waals surface area contributed by atoms with Crippen molar-refractivity contribution in [2.24, 2.45) is 0 Å². The van der Waals surface area contributed by atoms with Gasteiger partial charge < -0.3 is 20.1 Å². The van der Waals surface area contributed by atoms with Gasteiger partial charge in [-0.2, -0.15) is 5.10 Å². The lowest BCUT2D eigenvalue weighted by atomic mass is 10.0. The minimum Gasteiger partial charge on any atom is -0.491 e. The van der Waals surface area contributed by atoms with Gasteiger partial charge in [-0.25, -0.2) is 23.8 Å². The third kappa shape index (κ3) is 4.66. The molecule has 12 heteroatoms. The van der Waals surface area contributed by atoms with E-state index in [1.165, 1.54) is 6.33 Å². The number of fused-ring (bicyclic) bond motifs is 2. The summed E-state index contributed by atoms with van der Waals surface area (Å²) in [7, 11) is 0. The van der Waals surface area contributed by atoms with E-state index in [0.29, 0.717) is 72.2 Å². The molecule has 1 fully saturated rings. The largest absolute Gasteiger partial charge is 0.491 e.